The summed E-state index contributed by atoms with van der Waals surface area (Å²) in [5.41, 5.74) is 0. The first-order chi connectivity index (χ1) is 8.99. The van der Waals surface area contributed by atoms with Crippen LogP contribution in [0.5, 0.6) is 0 Å². The summed E-state index contributed by atoms with van der Waals surface area (Å²) in [5, 5.41) is 0. The molecular weight excluding hydrogens is 335 g/mol. The average Bonchev–Trinajstić information content (AvgIpc) is 2.41. The van der Waals surface area contributed by atoms with Gasteiger partial charge in [-0.05, 0) is 34.1 Å². The molecule has 1 amide bonds. The minimum atomic E-state index is -1.38. The van der Waals surface area contributed by atoms with E-state index in [0.29, 0.717) is 35.5 Å². The molecule has 1 unspecified atom stereocenters. The molecule has 19 heavy (non-hydrogen) atoms. The van der Waals surface area contributed by atoms with Crippen LogP contribution in [0.25, 0.3) is 0 Å². The van der Waals surface area contributed by atoms with Gasteiger partial charge in [-0.15, -0.1) is 0 Å². The minimum absolute atomic E-state index is 0.0279. The Kier molecular flexibility index (Phi) is 4.70. The number of halogens is 2. The summed E-state index contributed by atoms with van der Waals surface area (Å²) in [6.07, 6.45) is 0. The van der Waals surface area contributed by atoms with Crippen molar-refractivity contribution in [1.82, 2.24) is 9.21 Å². The number of hydrogen-bond acceptors (Lipinski definition) is 2. The van der Waals surface area contributed by atoms with Crippen LogP contribution in [0.3, 0.4) is 0 Å². The zero-order valence-electron chi connectivity index (χ0n) is 10.4. The van der Waals surface area contributed by atoms with E-state index in [0.717, 1.165) is 0 Å². The molecule has 104 valence electrons. The van der Waals surface area contributed by atoms with E-state index in [-0.39, 0.29) is 5.91 Å². The quantitative estimate of drug-likeness (QED) is 0.817. The SMILES string of the molecule is CC(=O)N1CCN(S(=O)c2ccc(Br)c(F)c2)CC1. The Hall–Kier alpha value is -0.790. The molecule has 0 saturated carbocycles. The summed E-state index contributed by atoms with van der Waals surface area (Å²) in [6, 6.07) is 4.46. The first kappa shape index (κ1) is 14.6. The number of carbonyl (C=O) groups excluding carboxylic acids is 1. The summed E-state index contributed by atoms with van der Waals surface area (Å²) < 4.78 is 27.8. The molecule has 1 fully saturated rings. The lowest BCUT2D eigenvalue weighted by molar-refractivity contribution is -0.129. The normalized spacial score (nSPS) is 18.4. The molecule has 1 atom stereocenters. The van der Waals surface area contributed by atoms with Gasteiger partial charge in [0.1, 0.15) is 16.8 Å². The summed E-state index contributed by atoms with van der Waals surface area (Å²) >= 11 is 3.07. The van der Waals surface area contributed by atoms with E-state index in [1.165, 1.54) is 13.0 Å². The number of piperazine rings is 1. The van der Waals surface area contributed by atoms with Crippen LogP contribution in [0.2, 0.25) is 0 Å². The molecule has 0 aromatic heterocycles. The van der Waals surface area contributed by atoms with Gasteiger partial charge in [0, 0.05) is 33.1 Å². The highest BCUT2D eigenvalue weighted by Crippen LogP contribution is 2.20. The first-order valence-electron chi connectivity index (χ1n) is 5.86. The minimum Gasteiger partial charge on any atom is -0.340 e. The average molecular weight is 349 g/mol. The Morgan fingerprint density at radius 3 is 2.47 bits per heavy atom. The fourth-order valence-corrected chi connectivity index (χ4v) is 3.33. The maximum atomic E-state index is 13.4. The Morgan fingerprint density at radius 2 is 1.95 bits per heavy atom. The van der Waals surface area contributed by atoms with Crippen LogP contribution in [0.1, 0.15) is 6.92 Å². The van der Waals surface area contributed by atoms with E-state index in [9.17, 15) is 13.4 Å². The lowest BCUT2D eigenvalue weighted by atomic mass is 10.3. The number of rotatable bonds is 2. The molecule has 0 aliphatic carbocycles. The first-order valence-corrected chi connectivity index (χ1v) is 7.76. The van der Waals surface area contributed by atoms with E-state index in [2.05, 4.69) is 15.9 Å². The Labute approximate surface area is 122 Å². The van der Waals surface area contributed by atoms with Crippen molar-refractivity contribution in [2.24, 2.45) is 0 Å². The molecule has 4 nitrogen and oxygen atoms in total. The van der Waals surface area contributed by atoms with Gasteiger partial charge in [0.05, 0.1) is 9.37 Å². The van der Waals surface area contributed by atoms with Crippen LogP contribution in [0.4, 0.5) is 4.39 Å². The molecule has 0 bridgehead atoms. The summed E-state index contributed by atoms with van der Waals surface area (Å²) in [5.74, 6) is -0.395. The van der Waals surface area contributed by atoms with Gasteiger partial charge in [0.15, 0.2) is 0 Å². The molecule has 0 N–H and O–H groups in total. The van der Waals surface area contributed by atoms with Crippen molar-refractivity contribution in [3.05, 3.63) is 28.5 Å². The number of nitrogens with zero attached hydrogens (tertiary/aromatic N) is 2. The maximum Gasteiger partial charge on any atom is 0.219 e. The van der Waals surface area contributed by atoms with Crippen LogP contribution in [0, 0.1) is 5.82 Å². The molecule has 0 spiro atoms. The van der Waals surface area contributed by atoms with Gasteiger partial charge in [-0.25, -0.2) is 12.9 Å². The van der Waals surface area contributed by atoms with Gasteiger partial charge in [-0.2, -0.15) is 0 Å². The van der Waals surface area contributed by atoms with Gasteiger partial charge in [-0.3, -0.25) is 4.79 Å². The highest BCUT2D eigenvalue weighted by Gasteiger charge is 2.23. The van der Waals surface area contributed by atoms with Gasteiger partial charge in [0.2, 0.25) is 5.91 Å². The maximum absolute atomic E-state index is 13.4. The third-order valence-electron chi connectivity index (χ3n) is 3.01. The molecule has 2 rings (SSSR count). The number of carbonyl (C=O) groups is 1. The molecule has 1 aliphatic rings. The van der Waals surface area contributed by atoms with Crippen molar-refractivity contribution in [3.63, 3.8) is 0 Å². The van der Waals surface area contributed by atoms with E-state index in [1.54, 1.807) is 21.3 Å². The molecule has 7 heteroatoms. The highest BCUT2D eigenvalue weighted by molar-refractivity contribution is 9.10. The van der Waals surface area contributed by atoms with Crippen LogP contribution in [0.15, 0.2) is 27.6 Å². The largest absolute Gasteiger partial charge is 0.340 e. The highest BCUT2D eigenvalue weighted by atomic mass is 79.9. The topological polar surface area (TPSA) is 40.6 Å². The van der Waals surface area contributed by atoms with Crippen molar-refractivity contribution >= 4 is 32.8 Å². The third-order valence-corrected chi connectivity index (χ3v) is 5.15. The predicted molar refractivity (Wildman–Crippen MR) is 74.3 cm³/mol. The molecule has 1 aromatic rings. The van der Waals surface area contributed by atoms with E-state index >= 15 is 0 Å². The monoisotopic (exact) mass is 348 g/mol. The standard InChI is InChI=1S/C12H14BrFN2O2S/c1-9(17)15-4-6-16(7-5-15)19(18)10-2-3-11(13)12(14)8-10/h2-3,8H,4-7H2,1H3. The van der Waals surface area contributed by atoms with Crippen LogP contribution in [-0.4, -0.2) is 45.5 Å². The molecule has 1 aliphatic heterocycles. The predicted octanol–water partition coefficient (Wildman–Crippen LogP) is 1.77. The van der Waals surface area contributed by atoms with Crippen molar-refractivity contribution in [2.75, 3.05) is 26.2 Å². The molecule has 1 aromatic carbocycles. The Morgan fingerprint density at radius 1 is 1.32 bits per heavy atom. The second-order valence-corrected chi connectivity index (χ2v) is 6.60. The van der Waals surface area contributed by atoms with E-state index in [4.69, 9.17) is 0 Å². The fourth-order valence-electron chi connectivity index (χ4n) is 1.90. The Bertz CT molecular complexity index is 518. The number of amides is 1. The second-order valence-electron chi connectivity index (χ2n) is 4.26. The van der Waals surface area contributed by atoms with Crippen molar-refractivity contribution in [3.8, 4) is 0 Å². The van der Waals surface area contributed by atoms with Crippen molar-refractivity contribution in [1.29, 1.82) is 0 Å². The number of benzene rings is 1. The molecule has 1 saturated heterocycles. The lowest BCUT2D eigenvalue weighted by Gasteiger charge is -2.33. The van der Waals surface area contributed by atoms with Crippen LogP contribution >= 0.6 is 15.9 Å². The van der Waals surface area contributed by atoms with Crippen molar-refractivity contribution < 1.29 is 13.4 Å². The fraction of sp³-hybridized carbons (Fsp3) is 0.417. The smallest absolute Gasteiger partial charge is 0.219 e. The van der Waals surface area contributed by atoms with Gasteiger partial charge in [0.25, 0.3) is 0 Å². The van der Waals surface area contributed by atoms with Crippen molar-refractivity contribution in [2.45, 2.75) is 11.8 Å². The molecular formula is C12H14BrFN2O2S. The van der Waals surface area contributed by atoms with E-state index in [1.807, 2.05) is 0 Å². The zero-order valence-corrected chi connectivity index (χ0v) is 12.8. The Balaban J connectivity index is 2.05. The van der Waals surface area contributed by atoms with Crippen LogP contribution < -0.4 is 0 Å². The van der Waals surface area contributed by atoms with Gasteiger partial charge >= 0.3 is 0 Å². The molecule has 0 radical (unpaired) electrons. The summed E-state index contributed by atoms with van der Waals surface area (Å²) in [7, 11) is -1.38. The van der Waals surface area contributed by atoms with E-state index < -0.39 is 16.8 Å². The summed E-state index contributed by atoms with van der Waals surface area (Å²) in [6.45, 7) is 3.70. The lowest BCUT2D eigenvalue weighted by Crippen LogP contribution is -2.48. The van der Waals surface area contributed by atoms with Crippen LogP contribution in [-0.2, 0) is 15.8 Å². The second kappa shape index (κ2) is 6.11. The third kappa shape index (κ3) is 3.40. The number of hydrogen-bond donors (Lipinski definition) is 0. The summed E-state index contributed by atoms with van der Waals surface area (Å²) in [4.78, 5) is 13.4. The molecule has 1 heterocycles. The van der Waals surface area contributed by atoms with Gasteiger partial charge in [-0.1, -0.05) is 0 Å². The van der Waals surface area contributed by atoms with Gasteiger partial charge < -0.3 is 4.90 Å². The zero-order chi connectivity index (χ0) is 14.0.